The second-order valence-corrected chi connectivity index (χ2v) is 7.02. The van der Waals surface area contributed by atoms with Gasteiger partial charge in [-0.1, -0.05) is 0 Å². The van der Waals surface area contributed by atoms with Gasteiger partial charge in [0.1, 0.15) is 0 Å². The van der Waals surface area contributed by atoms with Gasteiger partial charge in [0, 0.05) is 30.2 Å². The number of hydrogen-bond donors (Lipinski definition) is 1. The first-order valence-corrected chi connectivity index (χ1v) is 6.81. The zero-order chi connectivity index (χ0) is 13.3. The first-order valence-electron chi connectivity index (χ1n) is 6.81. The summed E-state index contributed by atoms with van der Waals surface area (Å²) in [5.74, 6) is 0. The fourth-order valence-corrected chi connectivity index (χ4v) is 2.62. The van der Waals surface area contributed by atoms with E-state index >= 15 is 0 Å². The molecule has 1 atom stereocenters. The third-order valence-corrected chi connectivity index (χ3v) is 4.19. The van der Waals surface area contributed by atoms with Gasteiger partial charge in [-0.05, 0) is 61.7 Å². The van der Waals surface area contributed by atoms with E-state index < -0.39 is 0 Å². The Hall–Kier alpha value is -0.120. The van der Waals surface area contributed by atoms with Crippen molar-refractivity contribution in [2.75, 3.05) is 33.7 Å². The number of nitrogens with zero attached hydrogens (tertiary/aromatic N) is 2. The molecule has 0 radical (unpaired) electrons. The largest absolute Gasteiger partial charge is 0.320 e. The quantitative estimate of drug-likeness (QED) is 0.813. The Labute approximate surface area is 108 Å². The molecule has 0 aliphatic carbocycles. The first-order chi connectivity index (χ1) is 7.68. The Morgan fingerprint density at radius 1 is 1.29 bits per heavy atom. The van der Waals surface area contributed by atoms with Crippen LogP contribution < -0.4 is 5.32 Å². The highest BCUT2D eigenvalue weighted by molar-refractivity contribution is 4.97. The van der Waals surface area contributed by atoms with Crippen LogP contribution >= 0.6 is 0 Å². The molecule has 1 heterocycles. The predicted octanol–water partition coefficient (Wildman–Crippen LogP) is 1.79. The van der Waals surface area contributed by atoms with E-state index in [9.17, 15) is 0 Å². The smallest absolute Gasteiger partial charge is 0.0280 e. The van der Waals surface area contributed by atoms with Crippen LogP contribution in [0.3, 0.4) is 0 Å². The molecule has 1 saturated heterocycles. The molecule has 0 aromatic rings. The van der Waals surface area contributed by atoms with Crippen LogP contribution in [0.25, 0.3) is 0 Å². The van der Waals surface area contributed by atoms with Crippen molar-refractivity contribution in [1.29, 1.82) is 0 Å². The van der Waals surface area contributed by atoms with Gasteiger partial charge in [-0.3, -0.25) is 9.80 Å². The molecule has 0 bridgehead atoms. The molecule has 1 aliphatic rings. The molecular formula is C14H31N3. The summed E-state index contributed by atoms with van der Waals surface area (Å²) in [4.78, 5) is 5.19. The zero-order valence-corrected chi connectivity index (χ0v) is 12.8. The van der Waals surface area contributed by atoms with Gasteiger partial charge in [0.25, 0.3) is 0 Å². The molecule has 3 heteroatoms. The summed E-state index contributed by atoms with van der Waals surface area (Å²) >= 11 is 0. The molecule has 0 spiro atoms. The summed E-state index contributed by atoms with van der Waals surface area (Å²) in [7, 11) is 4.32. The molecule has 3 nitrogen and oxygen atoms in total. The summed E-state index contributed by atoms with van der Waals surface area (Å²) in [6.07, 6.45) is 1.23. The Bertz CT molecular complexity index is 242. The molecule has 1 N–H and O–H groups in total. The molecule has 1 aliphatic heterocycles. The lowest BCUT2D eigenvalue weighted by Crippen LogP contribution is -2.66. The van der Waals surface area contributed by atoms with Crippen LogP contribution in [0.15, 0.2) is 0 Å². The van der Waals surface area contributed by atoms with Crippen molar-refractivity contribution in [2.45, 2.75) is 58.2 Å². The molecule has 0 saturated carbocycles. The topological polar surface area (TPSA) is 18.5 Å². The van der Waals surface area contributed by atoms with Crippen LogP contribution in [0.2, 0.25) is 0 Å². The number of rotatable bonds is 3. The fraction of sp³-hybridized carbons (Fsp3) is 1.00. The molecule has 1 fully saturated rings. The highest BCUT2D eigenvalue weighted by atomic mass is 15.3. The second kappa shape index (κ2) is 5.25. The highest BCUT2D eigenvalue weighted by Crippen LogP contribution is 2.29. The van der Waals surface area contributed by atoms with E-state index in [0.717, 1.165) is 13.1 Å². The minimum absolute atomic E-state index is 0.268. The van der Waals surface area contributed by atoms with Gasteiger partial charge in [0.2, 0.25) is 0 Å². The predicted molar refractivity (Wildman–Crippen MR) is 75.5 cm³/mol. The molecule has 102 valence electrons. The van der Waals surface area contributed by atoms with E-state index in [-0.39, 0.29) is 11.1 Å². The van der Waals surface area contributed by atoms with E-state index in [1.807, 2.05) is 7.05 Å². The van der Waals surface area contributed by atoms with E-state index in [4.69, 9.17) is 0 Å². The van der Waals surface area contributed by atoms with Crippen LogP contribution in [0, 0.1) is 0 Å². The lowest BCUT2D eigenvalue weighted by atomic mass is 9.90. The van der Waals surface area contributed by atoms with Crippen LogP contribution in [0.1, 0.15) is 41.0 Å². The van der Waals surface area contributed by atoms with Gasteiger partial charge in [-0.25, -0.2) is 0 Å². The van der Waals surface area contributed by atoms with E-state index in [1.54, 1.807) is 0 Å². The van der Waals surface area contributed by atoms with Gasteiger partial charge < -0.3 is 5.32 Å². The van der Waals surface area contributed by atoms with Crippen molar-refractivity contribution in [3.8, 4) is 0 Å². The van der Waals surface area contributed by atoms with Gasteiger partial charge >= 0.3 is 0 Å². The Balaban J connectivity index is 2.76. The maximum atomic E-state index is 3.27. The van der Waals surface area contributed by atoms with E-state index in [2.05, 4.69) is 56.8 Å². The van der Waals surface area contributed by atoms with E-state index in [1.165, 1.54) is 13.0 Å². The molecule has 0 amide bonds. The monoisotopic (exact) mass is 241 g/mol. The van der Waals surface area contributed by atoms with Crippen molar-refractivity contribution in [2.24, 2.45) is 0 Å². The van der Waals surface area contributed by atoms with Crippen LogP contribution in [0.4, 0.5) is 0 Å². The van der Waals surface area contributed by atoms with Crippen LogP contribution in [-0.4, -0.2) is 60.6 Å². The average molecular weight is 241 g/mol. The van der Waals surface area contributed by atoms with Crippen LogP contribution in [0.5, 0.6) is 0 Å². The number of hydrogen-bond acceptors (Lipinski definition) is 3. The lowest BCUT2D eigenvalue weighted by Gasteiger charge is -2.54. The Morgan fingerprint density at radius 2 is 1.88 bits per heavy atom. The zero-order valence-electron chi connectivity index (χ0n) is 12.8. The Morgan fingerprint density at radius 3 is 2.35 bits per heavy atom. The molecular weight excluding hydrogens is 210 g/mol. The lowest BCUT2D eigenvalue weighted by molar-refractivity contribution is -0.0447. The summed E-state index contributed by atoms with van der Waals surface area (Å²) in [5.41, 5.74) is 0.542. The number of nitrogens with one attached hydrogen (secondary N) is 1. The Kier molecular flexibility index (Phi) is 4.61. The average Bonchev–Trinajstić information content (AvgIpc) is 2.18. The second-order valence-electron chi connectivity index (χ2n) is 7.02. The fourth-order valence-electron chi connectivity index (χ4n) is 2.62. The van der Waals surface area contributed by atoms with Crippen molar-refractivity contribution in [3.63, 3.8) is 0 Å². The van der Waals surface area contributed by atoms with Crippen molar-refractivity contribution < 1.29 is 0 Å². The molecule has 1 rings (SSSR count). The van der Waals surface area contributed by atoms with Gasteiger partial charge in [0.15, 0.2) is 0 Å². The molecule has 17 heavy (non-hydrogen) atoms. The maximum Gasteiger partial charge on any atom is 0.0280 e. The molecule has 1 unspecified atom stereocenters. The number of piperazine rings is 1. The van der Waals surface area contributed by atoms with Crippen molar-refractivity contribution >= 4 is 0 Å². The van der Waals surface area contributed by atoms with E-state index in [0.29, 0.717) is 6.04 Å². The SMILES string of the molecule is CNCCC1CN(C(C)(C)C)CC(C)(C)N1C. The summed E-state index contributed by atoms with van der Waals surface area (Å²) in [6, 6.07) is 0.658. The summed E-state index contributed by atoms with van der Waals surface area (Å²) < 4.78 is 0. The minimum Gasteiger partial charge on any atom is -0.320 e. The summed E-state index contributed by atoms with van der Waals surface area (Å²) in [5, 5.41) is 3.27. The van der Waals surface area contributed by atoms with Crippen molar-refractivity contribution in [1.82, 2.24) is 15.1 Å². The standard InChI is InChI=1S/C14H31N3/c1-13(2,3)17-10-12(8-9-15-6)16(7)14(4,5)11-17/h12,15H,8-11H2,1-7H3. The van der Waals surface area contributed by atoms with Gasteiger partial charge in [0.05, 0.1) is 0 Å². The molecule has 0 aromatic carbocycles. The van der Waals surface area contributed by atoms with Gasteiger partial charge in [-0.2, -0.15) is 0 Å². The minimum atomic E-state index is 0.268. The summed E-state index contributed by atoms with van der Waals surface area (Å²) in [6.45, 7) is 15.1. The molecule has 0 aromatic heterocycles. The van der Waals surface area contributed by atoms with Gasteiger partial charge in [-0.15, -0.1) is 0 Å². The third-order valence-electron chi connectivity index (χ3n) is 4.19. The first kappa shape index (κ1) is 14.9. The third kappa shape index (κ3) is 3.67. The maximum absolute atomic E-state index is 3.27. The normalized spacial score (nSPS) is 27.4. The highest BCUT2D eigenvalue weighted by Gasteiger charge is 2.40. The van der Waals surface area contributed by atoms with Crippen LogP contribution in [-0.2, 0) is 0 Å². The van der Waals surface area contributed by atoms with Crippen molar-refractivity contribution in [3.05, 3.63) is 0 Å². The number of likely N-dealkylation sites (N-methyl/N-ethyl adjacent to an activating group) is 1.